The third kappa shape index (κ3) is 3.51. The Morgan fingerprint density at radius 1 is 1.25 bits per heavy atom. The minimum Gasteiger partial charge on any atom is -0.492 e. The minimum absolute atomic E-state index is 0.227. The smallest absolute Gasteiger partial charge is 0.122 e. The number of aryl methyl sites for hydroxylation is 1. The zero-order valence-electron chi connectivity index (χ0n) is 10.5. The Balaban J connectivity index is 2.56. The van der Waals surface area contributed by atoms with Crippen LogP contribution in [-0.2, 0) is 4.74 Å². The number of nitrogens with one attached hydrogen (secondary N) is 1. The Kier molecular flexibility index (Phi) is 5.29. The summed E-state index contributed by atoms with van der Waals surface area (Å²) in [6.45, 7) is 5.44. The quantitative estimate of drug-likeness (QED) is 0.799. The van der Waals surface area contributed by atoms with E-state index in [1.54, 1.807) is 7.11 Å². The highest BCUT2D eigenvalue weighted by atomic mass is 16.5. The molecule has 1 atom stereocenters. The molecule has 0 aromatic heterocycles. The van der Waals surface area contributed by atoms with E-state index in [1.165, 1.54) is 11.1 Å². The average Bonchev–Trinajstić information content (AvgIpc) is 2.29. The van der Waals surface area contributed by atoms with E-state index >= 15 is 0 Å². The predicted octanol–water partition coefficient (Wildman–Crippen LogP) is 1.92. The molecule has 1 unspecified atom stereocenters. The van der Waals surface area contributed by atoms with Crippen molar-refractivity contribution in [1.82, 2.24) is 5.32 Å². The van der Waals surface area contributed by atoms with Crippen molar-refractivity contribution in [3.63, 3.8) is 0 Å². The summed E-state index contributed by atoms with van der Waals surface area (Å²) in [7, 11) is 3.61. The number of likely N-dealkylation sites (N-methyl/N-ethyl adjacent to an activating group) is 1. The van der Waals surface area contributed by atoms with Crippen molar-refractivity contribution >= 4 is 0 Å². The van der Waals surface area contributed by atoms with Gasteiger partial charge in [-0.15, -0.1) is 0 Å². The zero-order chi connectivity index (χ0) is 12.0. The molecule has 0 heterocycles. The van der Waals surface area contributed by atoms with E-state index < -0.39 is 0 Å². The van der Waals surface area contributed by atoms with Crippen LogP contribution in [0, 0.1) is 13.8 Å². The van der Waals surface area contributed by atoms with Crippen LogP contribution >= 0.6 is 0 Å². The van der Waals surface area contributed by atoms with E-state index in [-0.39, 0.29) is 6.04 Å². The fourth-order valence-corrected chi connectivity index (χ4v) is 1.49. The van der Waals surface area contributed by atoms with E-state index in [1.807, 2.05) is 19.2 Å². The summed E-state index contributed by atoms with van der Waals surface area (Å²) in [6.07, 6.45) is 0. The van der Waals surface area contributed by atoms with Gasteiger partial charge in [0.05, 0.1) is 12.6 Å². The minimum atomic E-state index is 0.227. The first-order valence-electron chi connectivity index (χ1n) is 5.54. The molecule has 16 heavy (non-hydrogen) atoms. The van der Waals surface area contributed by atoms with Crippen LogP contribution in [0.25, 0.3) is 0 Å². The van der Waals surface area contributed by atoms with Crippen molar-refractivity contribution in [3.8, 4) is 5.75 Å². The van der Waals surface area contributed by atoms with Crippen LogP contribution in [-0.4, -0.2) is 33.4 Å². The van der Waals surface area contributed by atoms with Gasteiger partial charge in [-0.25, -0.2) is 0 Å². The highest BCUT2D eigenvalue weighted by Crippen LogP contribution is 2.20. The standard InChI is InChI=1S/C13H21NO2/c1-10-6-5-7-13(11(10)2)16-9-12(14-3)8-15-4/h5-7,12,14H,8-9H2,1-4H3. The summed E-state index contributed by atoms with van der Waals surface area (Å²) in [5, 5.41) is 3.16. The molecule has 1 aromatic rings. The fourth-order valence-electron chi connectivity index (χ4n) is 1.49. The first kappa shape index (κ1) is 13.0. The lowest BCUT2D eigenvalue weighted by Gasteiger charge is -2.17. The van der Waals surface area contributed by atoms with Crippen LogP contribution in [0.1, 0.15) is 11.1 Å². The normalized spacial score (nSPS) is 12.5. The van der Waals surface area contributed by atoms with Crippen molar-refractivity contribution in [2.75, 3.05) is 27.4 Å². The summed E-state index contributed by atoms with van der Waals surface area (Å²) in [6, 6.07) is 6.34. The maximum atomic E-state index is 5.78. The van der Waals surface area contributed by atoms with Gasteiger partial charge in [0.2, 0.25) is 0 Å². The van der Waals surface area contributed by atoms with Crippen molar-refractivity contribution in [1.29, 1.82) is 0 Å². The molecule has 1 N–H and O–H groups in total. The van der Waals surface area contributed by atoms with Crippen LogP contribution in [0.4, 0.5) is 0 Å². The third-order valence-electron chi connectivity index (χ3n) is 2.77. The summed E-state index contributed by atoms with van der Waals surface area (Å²) >= 11 is 0. The summed E-state index contributed by atoms with van der Waals surface area (Å²) in [5.41, 5.74) is 2.46. The van der Waals surface area contributed by atoms with Crippen LogP contribution in [0.5, 0.6) is 5.75 Å². The van der Waals surface area contributed by atoms with Crippen molar-refractivity contribution in [3.05, 3.63) is 29.3 Å². The van der Waals surface area contributed by atoms with Gasteiger partial charge in [0.25, 0.3) is 0 Å². The molecule has 3 heteroatoms. The lowest BCUT2D eigenvalue weighted by atomic mass is 10.1. The first-order valence-corrected chi connectivity index (χ1v) is 5.54. The number of methoxy groups -OCH3 is 1. The zero-order valence-corrected chi connectivity index (χ0v) is 10.5. The molecule has 1 aromatic carbocycles. The second-order valence-corrected chi connectivity index (χ2v) is 3.95. The van der Waals surface area contributed by atoms with Crippen LogP contribution in [0.15, 0.2) is 18.2 Å². The number of rotatable bonds is 6. The molecular formula is C13H21NO2. The largest absolute Gasteiger partial charge is 0.492 e. The van der Waals surface area contributed by atoms with E-state index in [0.29, 0.717) is 13.2 Å². The Hall–Kier alpha value is -1.06. The molecule has 0 spiro atoms. The molecular weight excluding hydrogens is 202 g/mol. The maximum absolute atomic E-state index is 5.78. The Morgan fingerprint density at radius 3 is 2.62 bits per heavy atom. The third-order valence-corrected chi connectivity index (χ3v) is 2.77. The van der Waals surface area contributed by atoms with Gasteiger partial charge >= 0.3 is 0 Å². The van der Waals surface area contributed by atoms with E-state index in [4.69, 9.17) is 9.47 Å². The lowest BCUT2D eigenvalue weighted by molar-refractivity contribution is 0.139. The first-order chi connectivity index (χ1) is 7.69. The molecule has 1 rings (SSSR count). The number of benzene rings is 1. The second-order valence-electron chi connectivity index (χ2n) is 3.95. The SMILES string of the molecule is CNC(COC)COc1cccc(C)c1C. The fraction of sp³-hybridized carbons (Fsp3) is 0.538. The second kappa shape index (κ2) is 6.51. The van der Waals surface area contributed by atoms with E-state index in [2.05, 4.69) is 25.2 Å². The summed E-state index contributed by atoms with van der Waals surface area (Å²) in [4.78, 5) is 0. The molecule has 0 aliphatic rings. The van der Waals surface area contributed by atoms with Crippen LogP contribution in [0.2, 0.25) is 0 Å². The molecule has 0 saturated heterocycles. The highest BCUT2D eigenvalue weighted by Gasteiger charge is 2.08. The van der Waals surface area contributed by atoms with Gasteiger partial charge in [0.15, 0.2) is 0 Å². The van der Waals surface area contributed by atoms with Crippen molar-refractivity contribution < 1.29 is 9.47 Å². The predicted molar refractivity (Wildman–Crippen MR) is 66.1 cm³/mol. The molecule has 3 nitrogen and oxygen atoms in total. The highest BCUT2D eigenvalue weighted by molar-refractivity contribution is 5.38. The average molecular weight is 223 g/mol. The van der Waals surface area contributed by atoms with E-state index in [9.17, 15) is 0 Å². The Bertz CT molecular complexity index is 326. The molecule has 0 fully saturated rings. The van der Waals surface area contributed by atoms with Gasteiger partial charge < -0.3 is 14.8 Å². The van der Waals surface area contributed by atoms with Crippen LogP contribution < -0.4 is 10.1 Å². The molecule has 0 amide bonds. The molecule has 0 aliphatic heterocycles. The monoisotopic (exact) mass is 223 g/mol. The van der Waals surface area contributed by atoms with Crippen molar-refractivity contribution in [2.24, 2.45) is 0 Å². The Morgan fingerprint density at radius 2 is 2.00 bits per heavy atom. The van der Waals surface area contributed by atoms with Gasteiger partial charge in [-0.1, -0.05) is 12.1 Å². The topological polar surface area (TPSA) is 30.5 Å². The van der Waals surface area contributed by atoms with Gasteiger partial charge in [0, 0.05) is 7.11 Å². The van der Waals surface area contributed by atoms with Gasteiger partial charge in [-0.05, 0) is 38.1 Å². The maximum Gasteiger partial charge on any atom is 0.122 e. The van der Waals surface area contributed by atoms with Gasteiger partial charge in [-0.2, -0.15) is 0 Å². The molecule has 0 saturated carbocycles. The lowest BCUT2D eigenvalue weighted by Crippen LogP contribution is -2.35. The molecule has 0 aliphatic carbocycles. The molecule has 0 radical (unpaired) electrons. The van der Waals surface area contributed by atoms with E-state index in [0.717, 1.165) is 5.75 Å². The van der Waals surface area contributed by atoms with Gasteiger partial charge in [0.1, 0.15) is 12.4 Å². The summed E-state index contributed by atoms with van der Waals surface area (Å²) in [5.74, 6) is 0.955. The molecule has 90 valence electrons. The summed E-state index contributed by atoms with van der Waals surface area (Å²) < 4.78 is 10.9. The van der Waals surface area contributed by atoms with Crippen molar-refractivity contribution in [2.45, 2.75) is 19.9 Å². The van der Waals surface area contributed by atoms with Gasteiger partial charge in [-0.3, -0.25) is 0 Å². The number of hydrogen-bond acceptors (Lipinski definition) is 3. The molecule has 0 bridgehead atoms. The Labute approximate surface area is 97.8 Å². The van der Waals surface area contributed by atoms with Crippen LogP contribution in [0.3, 0.4) is 0 Å². The number of hydrogen-bond donors (Lipinski definition) is 1. The number of ether oxygens (including phenoxy) is 2.